The molecule has 2 aromatic rings. The van der Waals surface area contributed by atoms with Gasteiger partial charge >= 0.3 is 5.97 Å². The fourth-order valence-corrected chi connectivity index (χ4v) is 1.61. The minimum Gasteiger partial charge on any atom is -0.464 e. The fourth-order valence-electron chi connectivity index (χ4n) is 1.61. The molecule has 2 rings (SSSR count). The maximum Gasteiger partial charge on any atom is 0.358 e. The molecule has 0 fully saturated rings. The van der Waals surface area contributed by atoms with Crippen LogP contribution in [-0.2, 0) is 17.9 Å². The Morgan fingerprint density at radius 3 is 2.60 bits per heavy atom. The van der Waals surface area contributed by atoms with Crippen LogP contribution in [0.2, 0.25) is 0 Å². The zero-order valence-electron chi connectivity index (χ0n) is 11.0. The van der Waals surface area contributed by atoms with E-state index in [1.807, 2.05) is 24.3 Å². The topological polar surface area (TPSA) is 84.3 Å². The number of nitrogens with one attached hydrogen (secondary N) is 1. The highest BCUT2D eigenvalue weighted by molar-refractivity contribution is 5.87. The summed E-state index contributed by atoms with van der Waals surface area (Å²) in [6.45, 7) is 0.575. The van der Waals surface area contributed by atoms with E-state index in [2.05, 4.69) is 20.0 Å². The molecular formula is C14H15N3O3. The van der Waals surface area contributed by atoms with Crippen LogP contribution >= 0.6 is 0 Å². The van der Waals surface area contributed by atoms with Crippen LogP contribution in [0.5, 0.6) is 0 Å². The number of rotatable bonds is 5. The number of hydrogen-bond donors (Lipinski definition) is 2. The maximum atomic E-state index is 11.3. The number of hydrogen-bond acceptors (Lipinski definition) is 6. The third-order valence-corrected chi connectivity index (χ3v) is 2.71. The van der Waals surface area contributed by atoms with E-state index < -0.39 is 5.97 Å². The third kappa shape index (κ3) is 3.52. The predicted octanol–water partition coefficient (Wildman–Crippen LogP) is 1.37. The summed E-state index contributed by atoms with van der Waals surface area (Å²) in [5, 5.41) is 12.0. The highest BCUT2D eigenvalue weighted by Gasteiger charge is 2.08. The van der Waals surface area contributed by atoms with Crippen molar-refractivity contribution in [1.29, 1.82) is 0 Å². The van der Waals surface area contributed by atoms with Gasteiger partial charge in [-0.15, -0.1) is 0 Å². The summed E-state index contributed by atoms with van der Waals surface area (Å²) in [6.07, 6.45) is 2.89. The molecule has 0 bridgehead atoms. The number of esters is 1. The van der Waals surface area contributed by atoms with Crippen LogP contribution in [0.1, 0.15) is 21.6 Å². The largest absolute Gasteiger partial charge is 0.464 e. The first-order valence-corrected chi connectivity index (χ1v) is 6.06. The van der Waals surface area contributed by atoms with Crippen LogP contribution in [0.4, 0.5) is 5.82 Å². The van der Waals surface area contributed by atoms with Crippen molar-refractivity contribution in [3.8, 4) is 0 Å². The quantitative estimate of drug-likeness (QED) is 0.800. The summed E-state index contributed by atoms with van der Waals surface area (Å²) in [4.78, 5) is 19.4. The van der Waals surface area contributed by atoms with Crippen LogP contribution in [0, 0.1) is 0 Å². The molecule has 2 N–H and O–H groups in total. The zero-order valence-corrected chi connectivity index (χ0v) is 11.0. The molecule has 0 amide bonds. The Morgan fingerprint density at radius 1 is 1.25 bits per heavy atom. The molecule has 1 aromatic carbocycles. The Hall–Kier alpha value is -2.47. The second-order valence-corrected chi connectivity index (χ2v) is 4.11. The first-order chi connectivity index (χ1) is 9.72. The molecule has 0 radical (unpaired) electrons. The van der Waals surface area contributed by atoms with Gasteiger partial charge < -0.3 is 15.2 Å². The molecule has 6 heteroatoms. The molecule has 6 nitrogen and oxygen atoms in total. The smallest absolute Gasteiger partial charge is 0.358 e. The van der Waals surface area contributed by atoms with Crippen LogP contribution in [-0.4, -0.2) is 28.2 Å². The molecule has 1 heterocycles. The van der Waals surface area contributed by atoms with Gasteiger partial charge in [0.25, 0.3) is 0 Å². The molecular weight excluding hydrogens is 258 g/mol. The number of aliphatic hydroxyl groups excluding tert-OH is 1. The SMILES string of the molecule is COC(=O)c1cncc(NCc2ccc(CO)cc2)n1. The lowest BCUT2D eigenvalue weighted by Crippen LogP contribution is -2.08. The highest BCUT2D eigenvalue weighted by Crippen LogP contribution is 2.08. The summed E-state index contributed by atoms with van der Waals surface area (Å²) in [5.41, 5.74) is 2.06. The van der Waals surface area contributed by atoms with Gasteiger partial charge in [-0.2, -0.15) is 0 Å². The first-order valence-electron chi connectivity index (χ1n) is 6.06. The number of carbonyl (C=O) groups excluding carboxylic acids is 1. The lowest BCUT2D eigenvalue weighted by Gasteiger charge is -2.07. The van der Waals surface area contributed by atoms with E-state index in [-0.39, 0.29) is 12.3 Å². The Morgan fingerprint density at radius 2 is 1.95 bits per heavy atom. The Balaban J connectivity index is 2.01. The van der Waals surface area contributed by atoms with Gasteiger partial charge in [-0.25, -0.2) is 9.78 Å². The van der Waals surface area contributed by atoms with E-state index in [1.54, 1.807) is 0 Å². The summed E-state index contributed by atoms with van der Waals surface area (Å²) >= 11 is 0. The molecule has 0 saturated heterocycles. The molecule has 1 aromatic heterocycles. The van der Waals surface area contributed by atoms with Crippen LogP contribution < -0.4 is 5.32 Å². The second-order valence-electron chi connectivity index (χ2n) is 4.11. The monoisotopic (exact) mass is 273 g/mol. The lowest BCUT2D eigenvalue weighted by atomic mass is 10.1. The normalized spacial score (nSPS) is 10.1. The number of nitrogens with zero attached hydrogens (tertiary/aromatic N) is 2. The summed E-state index contributed by atoms with van der Waals surface area (Å²) in [6, 6.07) is 7.54. The number of methoxy groups -OCH3 is 1. The molecule has 0 unspecified atom stereocenters. The summed E-state index contributed by atoms with van der Waals surface area (Å²) < 4.78 is 4.59. The number of benzene rings is 1. The van der Waals surface area contributed by atoms with Crippen molar-refractivity contribution < 1.29 is 14.6 Å². The first kappa shape index (κ1) is 14.0. The number of ether oxygens (including phenoxy) is 1. The van der Waals surface area contributed by atoms with Crippen molar-refractivity contribution in [2.45, 2.75) is 13.2 Å². The van der Waals surface area contributed by atoms with Crippen molar-refractivity contribution in [2.24, 2.45) is 0 Å². The van der Waals surface area contributed by atoms with Gasteiger partial charge in [-0.1, -0.05) is 24.3 Å². The standard InChI is InChI=1S/C14H15N3O3/c1-20-14(19)12-7-15-8-13(17-12)16-6-10-2-4-11(9-18)5-3-10/h2-5,7-8,18H,6,9H2,1H3,(H,16,17). The number of carbonyl (C=O) groups is 1. The van der Waals surface area contributed by atoms with E-state index in [4.69, 9.17) is 5.11 Å². The Labute approximate surface area is 116 Å². The molecule has 0 aliphatic rings. The fraction of sp³-hybridized carbons (Fsp3) is 0.214. The van der Waals surface area contributed by atoms with E-state index in [0.717, 1.165) is 11.1 Å². The molecule has 0 aliphatic heterocycles. The molecule has 104 valence electrons. The van der Waals surface area contributed by atoms with Crippen LogP contribution in [0.25, 0.3) is 0 Å². The van der Waals surface area contributed by atoms with Crippen molar-refractivity contribution in [1.82, 2.24) is 9.97 Å². The lowest BCUT2D eigenvalue weighted by molar-refractivity contribution is 0.0593. The average molecular weight is 273 g/mol. The minimum absolute atomic E-state index is 0.0281. The van der Waals surface area contributed by atoms with E-state index in [0.29, 0.717) is 12.4 Å². The second kappa shape index (κ2) is 6.63. The Kier molecular flexibility index (Phi) is 4.62. The van der Waals surface area contributed by atoms with Gasteiger partial charge in [-0.3, -0.25) is 4.98 Å². The maximum absolute atomic E-state index is 11.3. The van der Waals surface area contributed by atoms with E-state index >= 15 is 0 Å². The summed E-state index contributed by atoms with van der Waals surface area (Å²) in [5.74, 6) is -0.0208. The number of aromatic nitrogens is 2. The van der Waals surface area contributed by atoms with Crippen molar-refractivity contribution in [3.05, 3.63) is 53.5 Å². The Bertz CT molecular complexity index is 584. The van der Waals surface area contributed by atoms with Crippen molar-refractivity contribution >= 4 is 11.8 Å². The van der Waals surface area contributed by atoms with Crippen LogP contribution in [0.15, 0.2) is 36.7 Å². The third-order valence-electron chi connectivity index (χ3n) is 2.71. The zero-order chi connectivity index (χ0) is 14.4. The van der Waals surface area contributed by atoms with Crippen molar-refractivity contribution in [2.75, 3.05) is 12.4 Å². The molecule has 0 atom stereocenters. The molecule has 0 aliphatic carbocycles. The van der Waals surface area contributed by atoms with Gasteiger partial charge in [0.05, 0.1) is 26.1 Å². The van der Waals surface area contributed by atoms with Gasteiger partial charge in [0.2, 0.25) is 0 Å². The molecule has 0 saturated carbocycles. The average Bonchev–Trinajstić information content (AvgIpc) is 2.53. The molecule has 20 heavy (non-hydrogen) atoms. The minimum atomic E-state index is -0.520. The predicted molar refractivity (Wildman–Crippen MR) is 73.1 cm³/mol. The number of anilines is 1. The van der Waals surface area contributed by atoms with Gasteiger partial charge in [0.15, 0.2) is 5.69 Å². The van der Waals surface area contributed by atoms with E-state index in [9.17, 15) is 4.79 Å². The number of aliphatic hydroxyl groups is 1. The summed E-state index contributed by atoms with van der Waals surface area (Å²) in [7, 11) is 1.30. The van der Waals surface area contributed by atoms with Gasteiger partial charge in [-0.05, 0) is 11.1 Å². The highest BCUT2D eigenvalue weighted by atomic mass is 16.5. The van der Waals surface area contributed by atoms with E-state index in [1.165, 1.54) is 19.5 Å². The van der Waals surface area contributed by atoms with Gasteiger partial charge in [0, 0.05) is 6.54 Å². The van der Waals surface area contributed by atoms with Gasteiger partial charge in [0.1, 0.15) is 5.82 Å². The van der Waals surface area contributed by atoms with Crippen molar-refractivity contribution in [3.63, 3.8) is 0 Å². The van der Waals surface area contributed by atoms with Crippen LogP contribution in [0.3, 0.4) is 0 Å². The molecule has 0 spiro atoms.